The number of ether oxygens (including phenoxy) is 4. The van der Waals surface area contributed by atoms with Gasteiger partial charge in [0.2, 0.25) is 0 Å². The lowest BCUT2D eigenvalue weighted by Gasteiger charge is -2.15. The summed E-state index contributed by atoms with van der Waals surface area (Å²) in [6.45, 7) is 1.11. The van der Waals surface area contributed by atoms with E-state index in [4.69, 9.17) is 30.5 Å². The molecule has 0 spiro atoms. The maximum atomic E-state index is 13.2. The lowest BCUT2D eigenvalue weighted by atomic mass is 10.0. The van der Waals surface area contributed by atoms with Crippen molar-refractivity contribution in [1.29, 1.82) is 0 Å². The van der Waals surface area contributed by atoms with Crippen molar-refractivity contribution in [3.8, 4) is 17.2 Å². The summed E-state index contributed by atoms with van der Waals surface area (Å²) < 4.78 is 49.6. The van der Waals surface area contributed by atoms with Crippen LogP contribution in [0.3, 0.4) is 0 Å². The van der Waals surface area contributed by atoms with Gasteiger partial charge in [-0.05, 0) is 59.7 Å². The largest absolute Gasteiger partial charge is 0.497 e. The quantitative estimate of drug-likeness (QED) is 0.187. The third-order valence-electron chi connectivity index (χ3n) is 6.16. The topological polar surface area (TPSA) is 117 Å². The van der Waals surface area contributed by atoms with Crippen molar-refractivity contribution in [1.82, 2.24) is 0 Å². The Morgan fingerprint density at radius 1 is 0.825 bits per heavy atom. The second-order valence-corrected chi connectivity index (χ2v) is 10.8. The van der Waals surface area contributed by atoms with Crippen LogP contribution in [0.15, 0.2) is 71.6 Å². The van der Waals surface area contributed by atoms with Gasteiger partial charge >= 0.3 is 5.97 Å². The number of methoxy groups -OCH3 is 3. The summed E-state index contributed by atoms with van der Waals surface area (Å²) in [5.74, 6) is -0.0541. The lowest BCUT2D eigenvalue weighted by Crippen LogP contribution is -2.17. The summed E-state index contributed by atoms with van der Waals surface area (Å²) in [6, 6.07) is 17.4. The predicted molar refractivity (Wildman–Crippen MR) is 152 cm³/mol. The molecule has 0 radical (unpaired) electrons. The van der Waals surface area contributed by atoms with Crippen LogP contribution in [0.25, 0.3) is 10.8 Å². The fourth-order valence-corrected chi connectivity index (χ4v) is 5.28. The molecule has 0 fully saturated rings. The number of esters is 1. The molecule has 0 saturated carbocycles. The molecule has 0 atom stereocenters. The van der Waals surface area contributed by atoms with E-state index in [2.05, 4.69) is 4.72 Å². The van der Waals surface area contributed by atoms with Crippen molar-refractivity contribution in [2.75, 3.05) is 32.7 Å². The Bertz CT molecular complexity index is 1720. The number of rotatable bonds is 10. The third kappa shape index (κ3) is 6.13. The number of ketones is 1. The predicted octanol–water partition coefficient (Wildman–Crippen LogP) is 5.67. The summed E-state index contributed by atoms with van der Waals surface area (Å²) in [6.07, 6.45) is 0. The fraction of sp³-hybridized carbons (Fsp3) is 0.172. The molecule has 4 aromatic carbocycles. The number of fused-ring (bicyclic) bond motifs is 1. The molecule has 0 aliphatic rings. The van der Waals surface area contributed by atoms with E-state index >= 15 is 0 Å². The highest BCUT2D eigenvalue weighted by molar-refractivity contribution is 7.92. The maximum absolute atomic E-state index is 13.2. The van der Waals surface area contributed by atoms with Crippen LogP contribution < -0.4 is 18.9 Å². The van der Waals surface area contributed by atoms with Gasteiger partial charge < -0.3 is 18.9 Å². The molecule has 9 nitrogen and oxygen atoms in total. The molecular weight excluding hydrogens is 558 g/mol. The zero-order valence-corrected chi connectivity index (χ0v) is 23.7. The first-order valence-corrected chi connectivity index (χ1v) is 13.8. The minimum absolute atomic E-state index is 0.000935. The number of nitrogens with one attached hydrogen (secondary N) is 1. The summed E-state index contributed by atoms with van der Waals surface area (Å²) in [4.78, 5) is 25.4. The van der Waals surface area contributed by atoms with Crippen LogP contribution in [0, 0.1) is 6.92 Å². The third-order valence-corrected chi connectivity index (χ3v) is 7.82. The Kier molecular flexibility index (Phi) is 8.51. The van der Waals surface area contributed by atoms with Gasteiger partial charge in [-0.2, -0.15) is 0 Å². The van der Waals surface area contributed by atoms with Gasteiger partial charge in [0, 0.05) is 11.6 Å². The normalized spacial score (nSPS) is 11.1. The molecule has 208 valence electrons. The van der Waals surface area contributed by atoms with E-state index in [9.17, 15) is 18.0 Å². The van der Waals surface area contributed by atoms with Gasteiger partial charge in [-0.3, -0.25) is 9.52 Å². The first-order valence-electron chi connectivity index (χ1n) is 11.9. The average Bonchev–Trinajstić information content (AvgIpc) is 2.95. The Hall–Kier alpha value is -4.28. The smallest absolute Gasteiger partial charge is 0.338 e. The first-order chi connectivity index (χ1) is 19.1. The molecule has 4 aromatic rings. The van der Waals surface area contributed by atoms with Gasteiger partial charge in [-0.1, -0.05) is 35.9 Å². The Balaban J connectivity index is 1.51. The fourth-order valence-electron chi connectivity index (χ4n) is 3.95. The zero-order valence-electron chi connectivity index (χ0n) is 22.1. The molecule has 0 aliphatic heterocycles. The number of halogens is 1. The lowest BCUT2D eigenvalue weighted by molar-refractivity contribution is 0.0474. The molecule has 0 bridgehead atoms. The van der Waals surface area contributed by atoms with E-state index in [1.165, 1.54) is 44.6 Å². The van der Waals surface area contributed by atoms with Crippen molar-refractivity contribution < 1.29 is 37.0 Å². The Morgan fingerprint density at radius 2 is 1.52 bits per heavy atom. The number of carbonyl (C=O) groups excluding carboxylic acids is 2. The number of hydrogen-bond acceptors (Lipinski definition) is 8. The van der Waals surface area contributed by atoms with Crippen LogP contribution in [-0.4, -0.2) is 48.1 Å². The van der Waals surface area contributed by atoms with Crippen molar-refractivity contribution in [2.24, 2.45) is 0 Å². The van der Waals surface area contributed by atoms with Gasteiger partial charge in [0.1, 0.15) is 17.2 Å². The van der Waals surface area contributed by atoms with Gasteiger partial charge in [0.25, 0.3) is 10.0 Å². The van der Waals surface area contributed by atoms with Crippen LogP contribution in [0.1, 0.15) is 26.3 Å². The number of Topliss-reactive ketones (excluding diaryl/α,β-unsaturated/α-hetero) is 1. The van der Waals surface area contributed by atoms with E-state index in [0.717, 1.165) is 10.8 Å². The highest BCUT2D eigenvalue weighted by atomic mass is 35.5. The molecule has 0 saturated heterocycles. The molecule has 0 heterocycles. The van der Waals surface area contributed by atoms with E-state index in [1.54, 1.807) is 38.3 Å². The highest BCUT2D eigenvalue weighted by Gasteiger charge is 2.22. The van der Waals surface area contributed by atoms with Crippen LogP contribution in [0.4, 0.5) is 5.69 Å². The van der Waals surface area contributed by atoms with E-state index < -0.39 is 28.4 Å². The van der Waals surface area contributed by atoms with E-state index in [0.29, 0.717) is 22.6 Å². The molecule has 0 aliphatic carbocycles. The maximum Gasteiger partial charge on any atom is 0.338 e. The molecule has 11 heteroatoms. The van der Waals surface area contributed by atoms with Gasteiger partial charge in [-0.25, -0.2) is 13.2 Å². The van der Waals surface area contributed by atoms with Crippen molar-refractivity contribution >= 4 is 49.8 Å². The number of anilines is 1. The second kappa shape index (κ2) is 11.8. The van der Waals surface area contributed by atoms with Gasteiger partial charge in [-0.15, -0.1) is 0 Å². The Labute approximate surface area is 236 Å². The van der Waals surface area contributed by atoms with Crippen molar-refractivity contribution in [3.05, 3.63) is 88.4 Å². The van der Waals surface area contributed by atoms with Crippen LogP contribution in [-0.2, 0) is 14.8 Å². The molecule has 40 heavy (non-hydrogen) atoms. The standard InChI is InChI=1S/C29H26ClNO8S/c1-17-5-10-22(40(34,35)31-25-14-24(30)27(37-3)15-28(25)38-4)13-23(17)29(33)39-16-26(32)20-7-6-19-12-21(36-2)9-8-18(19)11-20/h5-15,31H,16H2,1-4H3. The number of carbonyl (C=O) groups is 2. The van der Waals surface area contributed by atoms with Gasteiger partial charge in [0.05, 0.1) is 42.5 Å². The zero-order chi connectivity index (χ0) is 29.0. The SMILES string of the molecule is COc1ccc2cc(C(=O)COC(=O)c3cc(S(=O)(=O)Nc4cc(Cl)c(OC)cc4OC)ccc3C)ccc2c1. The number of hydrogen-bond donors (Lipinski definition) is 1. The second-order valence-electron chi connectivity index (χ2n) is 8.70. The molecule has 0 unspecified atom stereocenters. The minimum Gasteiger partial charge on any atom is -0.497 e. The monoisotopic (exact) mass is 583 g/mol. The summed E-state index contributed by atoms with van der Waals surface area (Å²) in [7, 11) is 0.199. The number of benzene rings is 4. The van der Waals surface area contributed by atoms with Crippen molar-refractivity contribution in [2.45, 2.75) is 11.8 Å². The van der Waals surface area contributed by atoms with Crippen molar-refractivity contribution in [3.63, 3.8) is 0 Å². The Morgan fingerprint density at radius 3 is 2.23 bits per heavy atom. The minimum atomic E-state index is -4.17. The van der Waals surface area contributed by atoms with Crippen LogP contribution in [0.2, 0.25) is 5.02 Å². The van der Waals surface area contributed by atoms with Crippen LogP contribution in [0.5, 0.6) is 17.2 Å². The van der Waals surface area contributed by atoms with Gasteiger partial charge in [0.15, 0.2) is 12.4 Å². The van der Waals surface area contributed by atoms with E-state index in [-0.39, 0.29) is 26.9 Å². The summed E-state index contributed by atoms with van der Waals surface area (Å²) in [5.41, 5.74) is 0.925. The number of sulfonamides is 1. The van der Waals surface area contributed by atoms with E-state index in [1.807, 2.05) is 12.1 Å². The molecule has 0 aromatic heterocycles. The highest BCUT2D eigenvalue weighted by Crippen LogP contribution is 2.37. The molecular formula is C29H26ClNO8S. The summed E-state index contributed by atoms with van der Waals surface area (Å²) in [5, 5.41) is 1.89. The van der Waals surface area contributed by atoms with Crippen LogP contribution >= 0.6 is 11.6 Å². The summed E-state index contributed by atoms with van der Waals surface area (Å²) >= 11 is 6.16. The first kappa shape index (κ1) is 28.7. The molecule has 1 N–H and O–H groups in total. The average molecular weight is 584 g/mol. The molecule has 4 rings (SSSR count). The molecule has 0 amide bonds. The number of aryl methyl sites for hydroxylation is 1.